The van der Waals surface area contributed by atoms with Crippen LogP contribution in [0, 0.1) is 13.8 Å². The average molecular weight is 392 g/mol. The van der Waals surface area contributed by atoms with E-state index in [4.69, 9.17) is 0 Å². The maximum absolute atomic E-state index is 13.1. The average Bonchev–Trinajstić information content (AvgIpc) is 3.00. The zero-order chi connectivity index (χ0) is 20.4. The summed E-state index contributed by atoms with van der Waals surface area (Å²) >= 11 is 0. The molecule has 3 heterocycles. The number of amides is 1. The zero-order valence-corrected chi connectivity index (χ0v) is 17.5. The molecular formula is C23H29N5O. The molecule has 0 spiro atoms. The third kappa shape index (κ3) is 4.17. The van der Waals surface area contributed by atoms with Crippen LogP contribution >= 0.6 is 0 Å². The molecule has 0 atom stereocenters. The van der Waals surface area contributed by atoms with Gasteiger partial charge in [-0.1, -0.05) is 30.7 Å². The van der Waals surface area contributed by atoms with Crippen molar-refractivity contribution in [2.75, 3.05) is 13.1 Å². The van der Waals surface area contributed by atoms with Crippen LogP contribution in [0.2, 0.25) is 0 Å². The monoisotopic (exact) mass is 391 g/mol. The lowest BCUT2D eigenvalue weighted by Crippen LogP contribution is -2.30. The van der Waals surface area contributed by atoms with E-state index in [-0.39, 0.29) is 5.91 Å². The number of nitrogens with zero attached hydrogens (tertiary/aromatic N) is 4. The van der Waals surface area contributed by atoms with Crippen LogP contribution in [0.15, 0.2) is 30.3 Å². The number of aromatic nitrogens is 3. The predicted molar refractivity (Wildman–Crippen MR) is 115 cm³/mol. The van der Waals surface area contributed by atoms with Gasteiger partial charge < -0.3 is 5.32 Å². The fourth-order valence-electron chi connectivity index (χ4n) is 4.26. The van der Waals surface area contributed by atoms with Gasteiger partial charge in [0.15, 0.2) is 5.65 Å². The van der Waals surface area contributed by atoms with Crippen molar-refractivity contribution in [2.45, 2.75) is 46.2 Å². The smallest absolute Gasteiger partial charge is 0.252 e. The van der Waals surface area contributed by atoms with Crippen molar-refractivity contribution in [3.63, 3.8) is 0 Å². The second-order valence-corrected chi connectivity index (χ2v) is 8.01. The van der Waals surface area contributed by atoms with Gasteiger partial charge in [0.25, 0.3) is 5.91 Å². The molecule has 1 aliphatic rings. The predicted octanol–water partition coefficient (Wildman–Crippen LogP) is 3.50. The van der Waals surface area contributed by atoms with Crippen LogP contribution in [0.3, 0.4) is 0 Å². The molecule has 0 saturated carbocycles. The van der Waals surface area contributed by atoms with Gasteiger partial charge in [-0.05, 0) is 57.0 Å². The van der Waals surface area contributed by atoms with E-state index in [1.54, 1.807) is 4.68 Å². The highest BCUT2D eigenvalue weighted by atomic mass is 16.1. The SMILES string of the molecule is Cc1cc(C(=O)NCc2ccccc2CN2CCCCC2)c2c(C)nn(C)c2n1. The van der Waals surface area contributed by atoms with E-state index in [1.807, 2.05) is 33.0 Å². The van der Waals surface area contributed by atoms with Crippen molar-refractivity contribution in [1.82, 2.24) is 25.0 Å². The zero-order valence-electron chi connectivity index (χ0n) is 17.5. The number of carbonyl (C=O) groups excluding carboxylic acids is 1. The largest absolute Gasteiger partial charge is 0.348 e. The molecular weight excluding hydrogens is 362 g/mol. The van der Waals surface area contributed by atoms with Gasteiger partial charge in [-0.3, -0.25) is 14.4 Å². The minimum Gasteiger partial charge on any atom is -0.348 e. The Morgan fingerprint density at radius 3 is 2.59 bits per heavy atom. The highest BCUT2D eigenvalue weighted by molar-refractivity contribution is 6.06. The molecule has 0 bridgehead atoms. The van der Waals surface area contributed by atoms with E-state index >= 15 is 0 Å². The van der Waals surface area contributed by atoms with Gasteiger partial charge in [-0.15, -0.1) is 0 Å². The second-order valence-electron chi connectivity index (χ2n) is 8.01. The highest BCUT2D eigenvalue weighted by Crippen LogP contribution is 2.22. The summed E-state index contributed by atoms with van der Waals surface area (Å²) in [6, 6.07) is 10.3. The minimum absolute atomic E-state index is 0.0793. The summed E-state index contributed by atoms with van der Waals surface area (Å²) in [6.45, 7) is 7.62. The number of piperidine rings is 1. The quantitative estimate of drug-likeness (QED) is 0.723. The molecule has 1 aliphatic heterocycles. The van der Waals surface area contributed by atoms with E-state index in [2.05, 4.69) is 38.5 Å². The van der Waals surface area contributed by atoms with E-state index in [0.717, 1.165) is 42.1 Å². The number of fused-ring (bicyclic) bond motifs is 1. The minimum atomic E-state index is -0.0793. The number of hydrogen-bond acceptors (Lipinski definition) is 4. The summed E-state index contributed by atoms with van der Waals surface area (Å²) in [7, 11) is 1.86. The molecule has 6 nitrogen and oxygen atoms in total. The Hall–Kier alpha value is -2.73. The highest BCUT2D eigenvalue weighted by Gasteiger charge is 2.18. The number of carbonyl (C=O) groups is 1. The van der Waals surface area contributed by atoms with Crippen LogP contribution in [0.4, 0.5) is 0 Å². The molecule has 3 aromatic rings. The first kappa shape index (κ1) is 19.6. The maximum Gasteiger partial charge on any atom is 0.252 e. The molecule has 152 valence electrons. The Morgan fingerprint density at radius 2 is 1.83 bits per heavy atom. The molecule has 0 unspecified atom stereocenters. The number of hydrogen-bond donors (Lipinski definition) is 1. The molecule has 1 N–H and O–H groups in total. The van der Waals surface area contributed by atoms with Gasteiger partial charge in [0.2, 0.25) is 0 Å². The second kappa shape index (κ2) is 8.33. The molecule has 0 radical (unpaired) electrons. The molecule has 1 aromatic carbocycles. The summed E-state index contributed by atoms with van der Waals surface area (Å²) in [5.74, 6) is -0.0793. The number of rotatable bonds is 5. The maximum atomic E-state index is 13.1. The number of benzene rings is 1. The Balaban J connectivity index is 1.53. The van der Waals surface area contributed by atoms with Gasteiger partial charge in [0.05, 0.1) is 16.6 Å². The molecule has 1 amide bonds. The van der Waals surface area contributed by atoms with Crippen LogP contribution in [0.25, 0.3) is 11.0 Å². The normalized spacial score (nSPS) is 15.0. The molecule has 0 aliphatic carbocycles. The van der Waals surface area contributed by atoms with Crippen LogP contribution in [0.5, 0.6) is 0 Å². The van der Waals surface area contributed by atoms with Crippen molar-refractivity contribution in [2.24, 2.45) is 7.05 Å². The lowest BCUT2D eigenvalue weighted by molar-refractivity contribution is 0.0952. The van der Waals surface area contributed by atoms with Gasteiger partial charge in [0, 0.05) is 25.8 Å². The molecule has 1 saturated heterocycles. The number of nitrogens with one attached hydrogen (secondary N) is 1. The Morgan fingerprint density at radius 1 is 1.10 bits per heavy atom. The number of pyridine rings is 1. The van der Waals surface area contributed by atoms with E-state index < -0.39 is 0 Å². The number of aryl methyl sites for hydroxylation is 3. The third-order valence-electron chi connectivity index (χ3n) is 5.74. The van der Waals surface area contributed by atoms with Gasteiger partial charge >= 0.3 is 0 Å². The Bertz CT molecular complexity index is 1030. The summed E-state index contributed by atoms with van der Waals surface area (Å²) in [6.07, 6.45) is 3.89. The van der Waals surface area contributed by atoms with Gasteiger partial charge in [-0.2, -0.15) is 5.10 Å². The lowest BCUT2D eigenvalue weighted by Gasteiger charge is -2.27. The molecule has 6 heteroatoms. The lowest BCUT2D eigenvalue weighted by atomic mass is 10.0. The summed E-state index contributed by atoms with van der Waals surface area (Å²) < 4.78 is 1.74. The van der Waals surface area contributed by atoms with Crippen LogP contribution in [-0.4, -0.2) is 38.7 Å². The van der Waals surface area contributed by atoms with Crippen molar-refractivity contribution < 1.29 is 4.79 Å². The van der Waals surface area contributed by atoms with E-state index in [1.165, 1.54) is 30.4 Å². The van der Waals surface area contributed by atoms with Crippen LogP contribution in [-0.2, 0) is 20.1 Å². The first-order chi connectivity index (χ1) is 14.0. The standard InChI is InChI=1S/C23H29N5O/c1-16-13-20(21-17(2)26-27(3)22(21)25-16)23(29)24-14-18-9-5-6-10-19(18)15-28-11-7-4-8-12-28/h5-6,9-10,13H,4,7-8,11-12,14-15H2,1-3H3,(H,24,29). The fraction of sp³-hybridized carbons (Fsp3) is 0.435. The summed E-state index contributed by atoms with van der Waals surface area (Å²) in [5.41, 5.74) is 5.51. The summed E-state index contributed by atoms with van der Waals surface area (Å²) in [5, 5.41) is 8.40. The number of likely N-dealkylation sites (tertiary alicyclic amines) is 1. The van der Waals surface area contributed by atoms with Crippen LogP contribution < -0.4 is 5.32 Å². The van der Waals surface area contributed by atoms with Crippen molar-refractivity contribution >= 4 is 16.9 Å². The van der Waals surface area contributed by atoms with E-state index in [0.29, 0.717) is 12.1 Å². The Labute approximate surface area is 171 Å². The van der Waals surface area contributed by atoms with Crippen molar-refractivity contribution in [1.29, 1.82) is 0 Å². The first-order valence-corrected chi connectivity index (χ1v) is 10.4. The molecule has 4 rings (SSSR count). The van der Waals surface area contributed by atoms with Crippen molar-refractivity contribution in [3.8, 4) is 0 Å². The fourth-order valence-corrected chi connectivity index (χ4v) is 4.26. The Kier molecular flexibility index (Phi) is 5.62. The third-order valence-corrected chi connectivity index (χ3v) is 5.74. The summed E-state index contributed by atoms with van der Waals surface area (Å²) in [4.78, 5) is 20.1. The van der Waals surface area contributed by atoms with Gasteiger partial charge in [0.1, 0.15) is 0 Å². The van der Waals surface area contributed by atoms with E-state index in [9.17, 15) is 4.79 Å². The molecule has 2 aromatic heterocycles. The molecule has 29 heavy (non-hydrogen) atoms. The molecule has 1 fully saturated rings. The first-order valence-electron chi connectivity index (χ1n) is 10.4. The van der Waals surface area contributed by atoms with Gasteiger partial charge in [-0.25, -0.2) is 4.98 Å². The van der Waals surface area contributed by atoms with Crippen molar-refractivity contribution in [3.05, 3.63) is 58.4 Å². The topological polar surface area (TPSA) is 63.1 Å². The van der Waals surface area contributed by atoms with Crippen LogP contribution in [0.1, 0.15) is 52.1 Å².